The summed E-state index contributed by atoms with van der Waals surface area (Å²) in [6.07, 6.45) is 0.981. The van der Waals surface area contributed by atoms with E-state index < -0.39 is 0 Å². The van der Waals surface area contributed by atoms with Gasteiger partial charge in [0.15, 0.2) is 5.13 Å². The van der Waals surface area contributed by atoms with E-state index in [9.17, 15) is 0 Å². The lowest BCUT2D eigenvalue weighted by Gasteiger charge is -1.98. The maximum Gasteiger partial charge on any atom is 0.183 e. The summed E-state index contributed by atoms with van der Waals surface area (Å²) in [5, 5.41) is 4.28. The van der Waals surface area contributed by atoms with Crippen molar-refractivity contribution in [1.82, 2.24) is 4.98 Å². The van der Waals surface area contributed by atoms with Crippen molar-refractivity contribution < 1.29 is 0 Å². The van der Waals surface area contributed by atoms with Gasteiger partial charge in [0, 0.05) is 6.54 Å². The number of benzene rings is 1. The summed E-state index contributed by atoms with van der Waals surface area (Å²) in [6, 6.07) is 6.26. The highest BCUT2D eigenvalue weighted by molar-refractivity contribution is 7.22. The molecule has 0 saturated heterocycles. The van der Waals surface area contributed by atoms with E-state index in [4.69, 9.17) is 5.73 Å². The van der Waals surface area contributed by atoms with Gasteiger partial charge < -0.3 is 11.1 Å². The monoisotopic (exact) mass is 221 g/mol. The molecule has 1 aromatic carbocycles. The number of aryl methyl sites for hydroxylation is 1. The van der Waals surface area contributed by atoms with Crippen molar-refractivity contribution in [3.05, 3.63) is 23.8 Å². The Kier molecular flexibility index (Phi) is 3.18. The van der Waals surface area contributed by atoms with Crippen molar-refractivity contribution in [3.8, 4) is 0 Å². The molecule has 0 unspecified atom stereocenters. The molecular formula is C11H15N3S. The third-order valence-electron chi connectivity index (χ3n) is 2.28. The summed E-state index contributed by atoms with van der Waals surface area (Å²) in [5.74, 6) is 0. The van der Waals surface area contributed by atoms with Crippen LogP contribution in [0.4, 0.5) is 5.13 Å². The molecule has 15 heavy (non-hydrogen) atoms. The zero-order valence-electron chi connectivity index (χ0n) is 8.79. The highest BCUT2D eigenvalue weighted by Crippen LogP contribution is 2.27. The van der Waals surface area contributed by atoms with E-state index in [1.807, 2.05) is 0 Å². The van der Waals surface area contributed by atoms with Gasteiger partial charge in [0.25, 0.3) is 0 Å². The maximum absolute atomic E-state index is 5.43. The van der Waals surface area contributed by atoms with Gasteiger partial charge in [0.05, 0.1) is 10.2 Å². The van der Waals surface area contributed by atoms with Crippen LogP contribution in [0.5, 0.6) is 0 Å². The van der Waals surface area contributed by atoms with Gasteiger partial charge in [-0.3, -0.25) is 0 Å². The average molecular weight is 221 g/mol. The van der Waals surface area contributed by atoms with E-state index in [1.54, 1.807) is 11.3 Å². The highest BCUT2D eigenvalue weighted by Gasteiger charge is 2.04. The molecule has 0 fully saturated rings. The summed E-state index contributed by atoms with van der Waals surface area (Å²) in [5.41, 5.74) is 7.78. The minimum absolute atomic E-state index is 0.719. The molecular weight excluding hydrogens is 206 g/mol. The molecule has 0 aliphatic carbocycles. The quantitative estimate of drug-likeness (QED) is 0.779. The lowest BCUT2D eigenvalue weighted by Crippen LogP contribution is -2.07. The highest BCUT2D eigenvalue weighted by atomic mass is 32.1. The first-order valence-corrected chi connectivity index (χ1v) is 5.93. The topological polar surface area (TPSA) is 50.9 Å². The van der Waals surface area contributed by atoms with E-state index in [-0.39, 0.29) is 0 Å². The van der Waals surface area contributed by atoms with E-state index in [2.05, 4.69) is 35.4 Å². The molecule has 2 rings (SSSR count). The molecule has 1 heterocycles. The van der Waals surface area contributed by atoms with Crippen LogP contribution >= 0.6 is 11.3 Å². The molecule has 3 nitrogen and oxygen atoms in total. The number of aromatic nitrogens is 1. The van der Waals surface area contributed by atoms with E-state index >= 15 is 0 Å². The fraction of sp³-hybridized carbons (Fsp3) is 0.364. The predicted octanol–water partition coefficient (Wildman–Crippen LogP) is 2.37. The number of fused-ring (bicyclic) bond motifs is 1. The minimum atomic E-state index is 0.719. The third-order valence-corrected chi connectivity index (χ3v) is 3.26. The van der Waals surface area contributed by atoms with Crippen molar-refractivity contribution in [2.75, 3.05) is 18.4 Å². The molecule has 2 aromatic rings. The largest absolute Gasteiger partial charge is 0.361 e. The number of hydrogen-bond acceptors (Lipinski definition) is 4. The number of nitrogens with two attached hydrogens (primary N) is 1. The second kappa shape index (κ2) is 4.59. The summed E-state index contributed by atoms with van der Waals surface area (Å²) >= 11 is 1.70. The Balaban J connectivity index is 2.20. The Labute approximate surface area is 93.3 Å². The second-order valence-electron chi connectivity index (χ2n) is 3.51. The summed E-state index contributed by atoms with van der Waals surface area (Å²) in [4.78, 5) is 4.55. The van der Waals surface area contributed by atoms with Crippen LogP contribution in [0, 0.1) is 6.92 Å². The molecule has 80 valence electrons. The van der Waals surface area contributed by atoms with Crippen molar-refractivity contribution in [3.63, 3.8) is 0 Å². The van der Waals surface area contributed by atoms with Crippen LogP contribution < -0.4 is 11.1 Å². The molecule has 3 N–H and O–H groups in total. The molecule has 0 spiro atoms. The second-order valence-corrected chi connectivity index (χ2v) is 4.54. The van der Waals surface area contributed by atoms with Crippen molar-refractivity contribution in [2.24, 2.45) is 5.73 Å². The Morgan fingerprint density at radius 2 is 2.33 bits per heavy atom. The normalized spacial score (nSPS) is 10.8. The van der Waals surface area contributed by atoms with Crippen LogP contribution in [0.2, 0.25) is 0 Å². The number of nitrogens with one attached hydrogen (secondary N) is 1. The average Bonchev–Trinajstić information content (AvgIpc) is 2.63. The van der Waals surface area contributed by atoms with Crippen molar-refractivity contribution >= 4 is 26.7 Å². The number of rotatable bonds is 4. The zero-order chi connectivity index (χ0) is 10.7. The maximum atomic E-state index is 5.43. The molecule has 0 saturated carbocycles. The van der Waals surface area contributed by atoms with Gasteiger partial charge in [-0.05, 0) is 31.5 Å². The Bertz CT molecular complexity index is 450. The number of thiazole rings is 1. The Hall–Kier alpha value is -1.13. The Morgan fingerprint density at radius 1 is 1.47 bits per heavy atom. The smallest absolute Gasteiger partial charge is 0.183 e. The van der Waals surface area contributed by atoms with E-state index in [0.717, 1.165) is 30.2 Å². The summed E-state index contributed by atoms with van der Waals surface area (Å²) in [6.45, 7) is 3.71. The number of para-hydroxylation sites is 1. The lowest BCUT2D eigenvalue weighted by molar-refractivity contribution is 0.873. The van der Waals surface area contributed by atoms with E-state index in [1.165, 1.54) is 10.3 Å². The Morgan fingerprint density at radius 3 is 3.07 bits per heavy atom. The van der Waals surface area contributed by atoms with Gasteiger partial charge in [0.1, 0.15) is 0 Å². The van der Waals surface area contributed by atoms with E-state index in [0.29, 0.717) is 0 Å². The van der Waals surface area contributed by atoms with Gasteiger partial charge in [0.2, 0.25) is 0 Å². The first-order chi connectivity index (χ1) is 7.31. The zero-order valence-corrected chi connectivity index (χ0v) is 9.60. The number of hydrogen-bond donors (Lipinski definition) is 2. The van der Waals surface area contributed by atoms with Crippen LogP contribution in [0.15, 0.2) is 18.2 Å². The van der Waals surface area contributed by atoms with Crippen LogP contribution in [0.1, 0.15) is 12.0 Å². The summed E-state index contributed by atoms with van der Waals surface area (Å²) in [7, 11) is 0. The minimum Gasteiger partial charge on any atom is -0.361 e. The molecule has 0 aliphatic heterocycles. The predicted molar refractivity (Wildman–Crippen MR) is 66.5 cm³/mol. The summed E-state index contributed by atoms with van der Waals surface area (Å²) < 4.78 is 1.24. The van der Waals surface area contributed by atoms with Gasteiger partial charge in [-0.15, -0.1) is 0 Å². The van der Waals surface area contributed by atoms with Crippen LogP contribution in [-0.2, 0) is 0 Å². The van der Waals surface area contributed by atoms with Crippen LogP contribution in [0.25, 0.3) is 10.2 Å². The standard InChI is InChI=1S/C11H15N3S/c1-8-4-2-5-9-10(8)14-11(15-9)13-7-3-6-12/h2,4-5H,3,6-7,12H2,1H3,(H,13,14). The van der Waals surface area contributed by atoms with Crippen LogP contribution in [0.3, 0.4) is 0 Å². The molecule has 4 heteroatoms. The van der Waals surface area contributed by atoms with Gasteiger partial charge in [-0.2, -0.15) is 0 Å². The lowest BCUT2D eigenvalue weighted by atomic mass is 10.2. The molecule has 0 bridgehead atoms. The van der Waals surface area contributed by atoms with Crippen molar-refractivity contribution in [1.29, 1.82) is 0 Å². The van der Waals surface area contributed by atoms with Crippen molar-refractivity contribution in [2.45, 2.75) is 13.3 Å². The molecule has 0 amide bonds. The molecule has 1 aromatic heterocycles. The first-order valence-electron chi connectivity index (χ1n) is 5.11. The van der Waals surface area contributed by atoms with Gasteiger partial charge in [-0.1, -0.05) is 23.5 Å². The van der Waals surface area contributed by atoms with Crippen LogP contribution in [-0.4, -0.2) is 18.1 Å². The fourth-order valence-corrected chi connectivity index (χ4v) is 2.43. The molecule has 0 radical (unpaired) electrons. The first kappa shape index (κ1) is 10.4. The number of nitrogens with zero attached hydrogens (tertiary/aromatic N) is 1. The SMILES string of the molecule is Cc1cccc2sc(NCCCN)nc12. The van der Waals surface area contributed by atoms with Gasteiger partial charge in [-0.25, -0.2) is 4.98 Å². The molecule has 0 aliphatic rings. The molecule has 0 atom stereocenters. The fourth-order valence-electron chi connectivity index (χ4n) is 1.46. The van der Waals surface area contributed by atoms with Gasteiger partial charge >= 0.3 is 0 Å². The number of anilines is 1. The third kappa shape index (κ3) is 2.27.